The molecule has 0 spiro atoms. The number of aliphatic carboxylic acids is 1. The maximum absolute atomic E-state index is 11.8. The van der Waals surface area contributed by atoms with E-state index in [1.54, 1.807) is 12.0 Å². The molecule has 0 bridgehead atoms. The summed E-state index contributed by atoms with van der Waals surface area (Å²) < 4.78 is 5.16. The summed E-state index contributed by atoms with van der Waals surface area (Å²) in [6.45, 7) is 6.21. The fourth-order valence-corrected chi connectivity index (χ4v) is 2.24. The Kier molecular flexibility index (Phi) is 4.51. The first-order valence-electron chi connectivity index (χ1n) is 5.85. The number of hydrogen-bond donors (Lipinski definition) is 1. The molecule has 1 rings (SSSR count). The van der Waals surface area contributed by atoms with Gasteiger partial charge in [0.05, 0.1) is 13.0 Å². The van der Waals surface area contributed by atoms with Gasteiger partial charge in [-0.15, -0.1) is 0 Å². The predicted octanol–water partition coefficient (Wildman–Crippen LogP) is 0.982. The first kappa shape index (κ1) is 14.0. The largest absolute Gasteiger partial charge is 0.481 e. The van der Waals surface area contributed by atoms with Crippen LogP contribution < -0.4 is 0 Å². The monoisotopic (exact) mass is 243 g/mol. The van der Waals surface area contributed by atoms with Crippen LogP contribution in [0.2, 0.25) is 0 Å². The van der Waals surface area contributed by atoms with Gasteiger partial charge in [0.1, 0.15) is 0 Å². The Morgan fingerprint density at radius 3 is 2.59 bits per heavy atom. The lowest BCUT2D eigenvalue weighted by Gasteiger charge is -2.24. The van der Waals surface area contributed by atoms with Gasteiger partial charge >= 0.3 is 5.97 Å². The Bertz CT molecular complexity index is 301. The summed E-state index contributed by atoms with van der Waals surface area (Å²) in [6.07, 6.45) is -0.00415. The Hall–Kier alpha value is -1.10. The molecule has 0 aromatic rings. The Labute approximate surface area is 102 Å². The molecule has 5 nitrogen and oxygen atoms in total. The fourth-order valence-electron chi connectivity index (χ4n) is 2.24. The summed E-state index contributed by atoms with van der Waals surface area (Å²) in [5, 5.41) is 8.55. The number of amides is 1. The zero-order chi connectivity index (χ0) is 13.1. The highest BCUT2D eigenvalue weighted by atomic mass is 16.5. The van der Waals surface area contributed by atoms with Crippen molar-refractivity contribution in [2.75, 3.05) is 26.8 Å². The van der Waals surface area contributed by atoms with Crippen molar-refractivity contribution in [3.63, 3.8) is 0 Å². The summed E-state index contributed by atoms with van der Waals surface area (Å²) in [6, 6.07) is 0. The van der Waals surface area contributed by atoms with Crippen LogP contribution in [0.25, 0.3) is 0 Å². The number of rotatable bonds is 5. The van der Waals surface area contributed by atoms with E-state index < -0.39 is 5.97 Å². The second-order valence-corrected chi connectivity index (χ2v) is 5.31. The lowest BCUT2D eigenvalue weighted by atomic mass is 9.83. The SMILES string of the molecule is COC[C@@H]1CN(C(=O)CCC(=O)O)CC1(C)C. The van der Waals surface area contributed by atoms with Crippen LogP contribution in [0, 0.1) is 11.3 Å². The van der Waals surface area contributed by atoms with Crippen LogP contribution in [-0.4, -0.2) is 48.7 Å². The van der Waals surface area contributed by atoms with Crippen LogP contribution in [0.3, 0.4) is 0 Å². The van der Waals surface area contributed by atoms with Crippen molar-refractivity contribution in [2.45, 2.75) is 26.7 Å². The van der Waals surface area contributed by atoms with Gasteiger partial charge < -0.3 is 14.7 Å². The number of ether oxygens (including phenoxy) is 1. The third-order valence-corrected chi connectivity index (χ3v) is 3.42. The van der Waals surface area contributed by atoms with Gasteiger partial charge in [0.25, 0.3) is 0 Å². The Morgan fingerprint density at radius 2 is 2.06 bits per heavy atom. The third kappa shape index (κ3) is 3.70. The lowest BCUT2D eigenvalue weighted by Crippen LogP contribution is -2.30. The van der Waals surface area contributed by atoms with Crippen LogP contribution in [0.5, 0.6) is 0 Å². The van der Waals surface area contributed by atoms with E-state index >= 15 is 0 Å². The fraction of sp³-hybridized carbons (Fsp3) is 0.833. The van der Waals surface area contributed by atoms with Crippen LogP contribution in [-0.2, 0) is 14.3 Å². The minimum atomic E-state index is -0.926. The molecule has 1 atom stereocenters. The van der Waals surface area contributed by atoms with Gasteiger partial charge in [-0.25, -0.2) is 0 Å². The van der Waals surface area contributed by atoms with Crippen LogP contribution >= 0.6 is 0 Å². The molecule has 0 aromatic carbocycles. The number of carbonyl (C=O) groups excluding carboxylic acids is 1. The molecule has 1 N–H and O–H groups in total. The van der Waals surface area contributed by atoms with E-state index in [1.807, 2.05) is 0 Å². The second kappa shape index (κ2) is 5.49. The van der Waals surface area contributed by atoms with E-state index in [9.17, 15) is 9.59 Å². The van der Waals surface area contributed by atoms with Gasteiger partial charge in [0, 0.05) is 32.5 Å². The molecular formula is C12H21NO4. The average molecular weight is 243 g/mol. The van der Waals surface area contributed by atoms with Gasteiger partial charge in [-0.1, -0.05) is 13.8 Å². The van der Waals surface area contributed by atoms with Gasteiger partial charge in [0.2, 0.25) is 5.91 Å². The quantitative estimate of drug-likeness (QED) is 0.781. The van der Waals surface area contributed by atoms with Crippen molar-refractivity contribution in [1.82, 2.24) is 4.90 Å². The van der Waals surface area contributed by atoms with Crippen molar-refractivity contribution < 1.29 is 19.4 Å². The maximum Gasteiger partial charge on any atom is 0.303 e. The molecule has 1 heterocycles. The molecule has 1 aliphatic heterocycles. The molecule has 5 heteroatoms. The zero-order valence-electron chi connectivity index (χ0n) is 10.7. The smallest absolute Gasteiger partial charge is 0.303 e. The standard InChI is InChI=1S/C12H21NO4/c1-12(2)8-13(6-9(12)7-17-3)10(14)4-5-11(15)16/h9H,4-8H2,1-3H3,(H,15,16)/t9-/m0/s1. The van der Waals surface area contributed by atoms with Crippen molar-refractivity contribution in [2.24, 2.45) is 11.3 Å². The Balaban J connectivity index is 2.52. The number of hydrogen-bond acceptors (Lipinski definition) is 3. The molecule has 1 aliphatic rings. The number of carboxylic acids is 1. The summed E-state index contributed by atoms with van der Waals surface area (Å²) >= 11 is 0. The topological polar surface area (TPSA) is 66.8 Å². The first-order valence-corrected chi connectivity index (χ1v) is 5.85. The van der Waals surface area contributed by atoms with Crippen molar-refractivity contribution >= 4 is 11.9 Å². The summed E-state index contributed by atoms with van der Waals surface area (Å²) in [5.41, 5.74) is 0.0366. The van der Waals surface area contributed by atoms with E-state index in [0.29, 0.717) is 25.6 Å². The van der Waals surface area contributed by atoms with E-state index in [-0.39, 0.29) is 24.2 Å². The average Bonchev–Trinajstić information content (AvgIpc) is 2.52. The van der Waals surface area contributed by atoms with Crippen LogP contribution in [0.1, 0.15) is 26.7 Å². The number of carboxylic acid groups (broad SMARTS) is 1. The highest BCUT2D eigenvalue weighted by molar-refractivity contribution is 5.81. The summed E-state index contributed by atoms with van der Waals surface area (Å²) in [7, 11) is 1.66. The lowest BCUT2D eigenvalue weighted by molar-refractivity contribution is -0.140. The first-order chi connectivity index (χ1) is 7.86. The number of carbonyl (C=O) groups is 2. The molecule has 1 amide bonds. The van der Waals surface area contributed by atoms with Gasteiger partial charge in [-0.2, -0.15) is 0 Å². The van der Waals surface area contributed by atoms with E-state index in [2.05, 4.69) is 13.8 Å². The van der Waals surface area contributed by atoms with Gasteiger partial charge in [-0.3, -0.25) is 9.59 Å². The summed E-state index contributed by atoms with van der Waals surface area (Å²) in [5.74, 6) is -0.675. The van der Waals surface area contributed by atoms with Crippen LogP contribution in [0.15, 0.2) is 0 Å². The number of methoxy groups -OCH3 is 1. The molecule has 0 saturated carbocycles. The summed E-state index contributed by atoms with van der Waals surface area (Å²) in [4.78, 5) is 24.0. The third-order valence-electron chi connectivity index (χ3n) is 3.42. The van der Waals surface area contributed by atoms with E-state index in [0.717, 1.165) is 0 Å². The maximum atomic E-state index is 11.8. The molecule has 1 fully saturated rings. The molecule has 98 valence electrons. The van der Waals surface area contributed by atoms with Gasteiger partial charge in [0.15, 0.2) is 0 Å². The highest BCUT2D eigenvalue weighted by Gasteiger charge is 2.40. The van der Waals surface area contributed by atoms with Crippen molar-refractivity contribution in [1.29, 1.82) is 0 Å². The molecule has 0 aromatic heterocycles. The molecule has 0 radical (unpaired) electrons. The molecular weight excluding hydrogens is 222 g/mol. The van der Waals surface area contributed by atoms with E-state index in [4.69, 9.17) is 9.84 Å². The van der Waals surface area contributed by atoms with E-state index in [1.165, 1.54) is 0 Å². The number of nitrogens with zero attached hydrogens (tertiary/aromatic N) is 1. The minimum absolute atomic E-state index is 0.0366. The van der Waals surface area contributed by atoms with Crippen molar-refractivity contribution in [3.05, 3.63) is 0 Å². The zero-order valence-corrected chi connectivity index (χ0v) is 10.7. The number of likely N-dealkylation sites (tertiary alicyclic amines) is 1. The second-order valence-electron chi connectivity index (χ2n) is 5.31. The minimum Gasteiger partial charge on any atom is -0.481 e. The van der Waals surface area contributed by atoms with Crippen molar-refractivity contribution in [3.8, 4) is 0 Å². The highest BCUT2D eigenvalue weighted by Crippen LogP contribution is 2.35. The molecule has 0 aliphatic carbocycles. The Morgan fingerprint density at radius 1 is 1.41 bits per heavy atom. The van der Waals surface area contributed by atoms with Gasteiger partial charge in [-0.05, 0) is 5.41 Å². The molecule has 1 saturated heterocycles. The normalized spacial score (nSPS) is 22.8. The molecule has 0 unspecified atom stereocenters. The predicted molar refractivity (Wildman–Crippen MR) is 62.6 cm³/mol. The molecule has 17 heavy (non-hydrogen) atoms. The van der Waals surface area contributed by atoms with Crippen LogP contribution in [0.4, 0.5) is 0 Å².